The number of anilines is 1. The molecule has 0 atom stereocenters. The minimum atomic E-state index is -4.11. The lowest BCUT2D eigenvalue weighted by Gasteiger charge is -2.18. The zero-order chi connectivity index (χ0) is 20.4. The van der Waals surface area contributed by atoms with Gasteiger partial charge in [-0.15, -0.1) is 0 Å². The number of nitrogens with zero attached hydrogens (tertiary/aromatic N) is 2. The zero-order valence-corrected chi connectivity index (χ0v) is 16.6. The van der Waals surface area contributed by atoms with Crippen molar-refractivity contribution in [1.82, 2.24) is 4.31 Å². The maximum absolute atomic E-state index is 12.7. The van der Waals surface area contributed by atoms with Crippen LogP contribution in [0.2, 0.25) is 10.0 Å². The van der Waals surface area contributed by atoms with Gasteiger partial charge >= 0.3 is 0 Å². The van der Waals surface area contributed by atoms with E-state index in [4.69, 9.17) is 23.2 Å². The van der Waals surface area contributed by atoms with Crippen LogP contribution in [-0.2, 0) is 14.8 Å². The minimum Gasteiger partial charge on any atom is -0.325 e. The molecule has 0 spiro atoms. The number of carbonyl (C=O) groups excluding carboxylic acids is 1. The summed E-state index contributed by atoms with van der Waals surface area (Å²) in [6.45, 7) is 1.02. The number of non-ortho nitro benzene ring substituents is 1. The summed E-state index contributed by atoms with van der Waals surface area (Å²) in [4.78, 5) is 22.1. The number of nitro groups is 1. The van der Waals surface area contributed by atoms with Gasteiger partial charge in [-0.25, -0.2) is 8.42 Å². The predicted octanol–water partition coefficient (Wildman–Crippen LogP) is 3.47. The standard InChI is InChI=1S/C16H15Cl2N3O5S/c1-10-3-5-12(21(23)24)8-15(10)27(25,26)20(2)9-16(22)19-11-4-6-13(17)14(18)7-11/h3-8H,9H2,1-2H3,(H,19,22). The van der Waals surface area contributed by atoms with E-state index in [0.717, 1.165) is 10.4 Å². The topological polar surface area (TPSA) is 110 Å². The fourth-order valence-electron chi connectivity index (χ4n) is 2.21. The number of sulfonamides is 1. The summed E-state index contributed by atoms with van der Waals surface area (Å²) in [6, 6.07) is 7.97. The van der Waals surface area contributed by atoms with Gasteiger partial charge in [-0.1, -0.05) is 29.3 Å². The molecule has 0 bridgehead atoms. The van der Waals surface area contributed by atoms with Crippen molar-refractivity contribution in [2.75, 3.05) is 18.9 Å². The van der Waals surface area contributed by atoms with Crippen molar-refractivity contribution in [3.63, 3.8) is 0 Å². The highest BCUT2D eigenvalue weighted by Crippen LogP contribution is 2.26. The van der Waals surface area contributed by atoms with Crippen LogP contribution in [0, 0.1) is 17.0 Å². The molecule has 0 saturated carbocycles. The Labute approximate surface area is 165 Å². The highest BCUT2D eigenvalue weighted by Gasteiger charge is 2.26. The normalized spacial score (nSPS) is 11.4. The highest BCUT2D eigenvalue weighted by atomic mass is 35.5. The Morgan fingerprint density at radius 2 is 1.85 bits per heavy atom. The molecule has 144 valence electrons. The Morgan fingerprint density at radius 3 is 2.44 bits per heavy atom. The van der Waals surface area contributed by atoms with Crippen LogP contribution >= 0.6 is 23.2 Å². The molecule has 2 aromatic rings. The lowest BCUT2D eigenvalue weighted by Crippen LogP contribution is -2.35. The number of carbonyl (C=O) groups is 1. The molecule has 0 unspecified atom stereocenters. The van der Waals surface area contributed by atoms with Crippen LogP contribution < -0.4 is 5.32 Å². The van der Waals surface area contributed by atoms with Crippen molar-refractivity contribution in [3.8, 4) is 0 Å². The Morgan fingerprint density at radius 1 is 1.19 bits per heavy atom. The lowest BCUT2D eigenvalue weighted by molar-refractivity contribution is -0.385. The molecule has 0 heterocycles. The molecule has 0 aliphatic rings. The maximum atomic E-state index is 12.7. The van der Waals surface area contributed by atoms with E-state index in [0.29, 0.717) is 16.3 Å². The number of amides is 1. The van der Waals surface area contributed by atoms with Crippen LogP contribution in [0.3, 0.4) is 0 Å². The number of benzene rings is 2. The molecule has 1 N–H and O–H groups in total. The molecular weight excluding hydrogens is 417 g/mol. The summed E-state index contributed by atoms with van der Waals surface area (Å²) in [7, 11) is -2.90. The summed E-state index contributed by atoms with van der Waals surface area (Å²) in [5.41, 5.74) is 0.330. The number of nitrogens with one attached hydrogen (secondary N) is 1. The quantitative estimate of drug-likeness (QED) is 0.555. The first-order valence-electron chi connectivity index (χ1n) is 7.48. The monoisotopic (exact) mass is 431 g/mol. The van der Waals surface area contributed by atoms with E-state index in [2.05, 4.69) is 5.32 Å². The third-order valence-corrected chi connectivity index (χ3v) is 6.32. The van der Waals surface area contributed by atoms with Gasteiger partial charge in [0.15, 0.2) is 0 Å². The van der Waals surface area contributed by atoms with E-state index in [1.54, 1.807) is 0 Å². The number of rotatable bonds is 6. The van der Waals surface area contributed by atoms with Gasteiger partial charge in [0, 0.05) is 24.9 Å². The molecule has 0 radical (unpaired) electrons. The van der Waals surface area contributed by atoms with Crippen molar-refractivity contribution >= 4 is 50.5 Å². The third-order valence-electron chi connectivity index (χ3n) is 3.64. The van der Waals surface area contributed by atoms with Crippen LogP contribution in [-0.4, -0.2) is 37.1 Å². The van der Waals surface area contributed by atoms with E-state index in [-0.39, 0.29) is 15.6 Å². The van der Waals surface area contributed by atoms with Crippen LogP contribution in [0.15, 0.2) is 41.3 Å². The number of likely N-dealkylation sites (N-methyl/N-ethyl adjacent to an activating group) is 1. The van der Waals surface area contributed by atoms with Crippen molar-refractivity contribution in [2.24, 2.45) is 0 Å². The van der Waals surface area contributed by atoms with Crippen LogP contribution in [0.5, 0.6) is 0 Å². The molecule has 8 nitrogen and oxygen atoms in total. The lowest BCUT2D eigenvalue weighted by atomic mass is 10.2. The van der Waals surface area contributed by atoms with E-state index in [1.165, 1.54) is 44.3 Å². The van der Waals surface area contributed by atoms with E-state index in [1.807, 2.05) is 0 Å². The second-order valence-corrected chi connectivity index (χ2v) is 8.47. The molecule has 0 saturated heterocycles. The minimum absolute atomic E-state index is 0.235. The Hall–Kier alpha value is -2.20. The molecule has 1 amide bonds. The van der Waals surface area contributed by atoms with E-state index >= 15 is 0 Å². The van der Waals surface area contributed by atoms with Crippen LogP contribution in [0.4, 0.5) is 11.4 Å². The summed E-state index contributed by atoms with van der Waals surface area (Å²) in [5, 5.41) is 14.0. The first kappa shape index (κ1) is 21.1. The molecule has 11 heteroatoms. The van der Waals surface area contributed by atoms with Gasteiger partial charge < -0.3 is 5.32 Å². The fraction of sp³-hybridized carbons (Fsp3) is 0.188. The second kappa shape index (κ2) is 8.22. The SMILES string of the molecule is Cc1ccc([N+](=O)[O-])cc1S(=O)(=O)N(C)CC(=O)Nc1ccc(Cl)c(Cl)c1. The average Bonchev–Trinajstić information content (AvgIpc) is 2.58. The third kappa shape index (κ3) is 4.95. The molecule has 0 fully saturated rings. The van der Waals surface area contributed by atoms with Crippen molar-refractivity contribution in [1.29, 1.82) is 0 Å². The predicted molar refractivity (Wildman–Crippen MR) is 103 cm³/mol. The van der Waals surface area contributed by atoms with Gasteiger partial charge in [0.2, 0.25) is 15.9 Å². The van der Waals surface area contributed by atoms with Gasteiger partial charge in [0.1, 0.15) is 0 Å². The van der Waals surface area contributed by atoms with Gasteiger partial charge in [0.25, 0.3) is 5.69 Å². The summed E-state index contributed by atoms with van der Waals surface area (Å²) in [5.74, 6) is -0.609. The number of hydrogen-bond acceptors (Lipinski definition) is 5. The highest BCUT2D eigenvalue weighted by molar-refractivity contribution is 7.89. The van der Waals surface area contributed by atoms with Crippen molar-refractivity contribution < 1.29 is 18.1 Å². The van der Waals surface area contributed by atoms with Crippen molar-refractivity contribution in [3.05, 3.63) is 62.1 Å². The largest absolute Gasteiger partial charge is 0.325 e. The Kier molecular flexibility index (Phi) is 6.42. The zero-order valence-electron chi connectivity index (χ0n) is 14.3. The smallest absolute Gasteiger partial charge is 0.270 e. The first-order valence-corrected chi connectivity index (χ1v) is 9.68. The first-order chi connectivity index (χ1) is 12.5. The molecule has 2 rings (SSSR count). The van der Waals surface area contributed by atoms with E-state index < -0.39 is 27.4 Å². The van der Waals surface area contributed by atoms with E-state index in [9.17, 15) is 23.3 Å². The molecule has 0 aliphatic heterocycles. The Bertz CT molecular complexity index is 1010. The molecule has 2 aromatic carbocycles. The summed E-state index contributed by atoms with van der Waals surface area (Å²) >= 11 is 11.7. The molecule has 27 heavy (non-hydrogen) atoms. The number of aryl methyl sites for hydroxylation is 1. The summed E-state index contributed by atoms with van der Waals surface area (Å²) in [6.07, 6.45) is 0. The maximum Gasteiger partial charge on any atom is 0.270 e. The van der Waals surface area contributed by atoms with Gasteiger partial charge in [-0.3, -0.25) is 14.9 Å². The van der Waals surface area contributed by atoms with Crippen LogP contribution in [0.25, 0.3) is 0 Å². The second-order valence-electron chi connectivity index (χ2n) is 5.65. The Balaban J connectivity index is 2.19. The number of hydrogen-bond donors (Lipinski definition) is 1. The van der Waals surface area contributed by atoms with Gasteiger partial charge in [0.05, 0.1) is 26.4 Å². The fourth-order valence-corrected chi connectivity index (χ4v) is 3.88. The summed E-state index contributed by atoms with van der Waals surface area (Å²) < 4.78 is 26.2. The molecule has 0 aliphatic carbocycles. The number of halogens is 2. The van der Waals surface area contributed by atoms with Crippen LogP contribution in [0.1, 0.15) is 5.56 Å². The van der Waals surface area contributed by atoms with Crippen molar-refractivity contribution in [2.45, 2.75) is 11.8 Å². The van der Waals surface area contributed by atoms with Gasteiger partial charge in [-0.05, 0) is 30.7 Å². The molecular formula is C16H15Cl2N3O5S. The molecule has 0 aromatic heterocycles. The average molecular weight is 432 g/mol. The van der Waals surface area contributed by atoms with Gasteiger partial charge in [-0.2, -0.15) is 4.31 Å². The number of nitro benzene ring substituents is 1.